The molecule has 19 heavy (non-hydrogen) atoms. The average Bonchev–Trinajstić information content (AvgIpc) is 2.35. The van der Waals surface area contributed by atoms with Gasteiger partial charge in [-0.05, 0) is 20.8 Å². The van der Waals surface area contributed by atoms with Gasteiger partial charge in [0.05, 0.1) is 12.7 Å². The highest BCUT2D eigenvalue weighted by atomic mass is 16.5. The van der Waals surface area contributed by atoms with E-state index >= 15 is 0 Å². The van der Waals surface area contributed by atoms with E-state index in [-0.39, 0.29) is 30.6 Å². The van der Waals surface area contributed by atoms with Crippen LogP contribution in [-0.4, -0.2) is 47.2 Å². The number of carbonyl (C=O) groups is 1. The molecule has 0 amide bonds. The Morgan fingerprint density at radius 3 is 2.53 bits per heavy atom. The lowest BCUT2D eigenvalue weighted by Crippen LogP contribution is -2.19. The largest absolute Gasteiger partial charge is 0.465 e. The second kappa shape index (κ2) is 7.34. The lowest BCUT2D eigenvalue weighted by Gasteiger charge is -2.10. The Morgan fingerprint density at radius 1 is 1.26 bits per heavy atom. The zero-order valence-electron chi connectivity index (χ0n) is 11.6. The first-order valence-corrected chi connectivity index (χ1v) is 6.05. The van der Waals surface area contributed by atoms with Gasteiger partial charge in [-0.25, -0.2) is 0 Å². The Balaban J connectivity index is 2.73. The topological polar surface area (TPSA) is 98.3 Å². The SMILES string of the molecule is CCOC(=O)CNc1nc(NC)nc(OC(C)C)n1. The number of nitrogens with zero attached hydrogens (tertiary/aromatic N) is 3. The summed E-state index contributed by atoms with van der Waals surface area (Å²) in [6.07, 6.45) is -0.0509. The molecule has 0 bridgehead atoms. The van der Waals surface area contributed by atoms with Gasteiger partial charge in [0.2, 0.25) is 11.9 Å². The first-order chi connectivity index (χ1) is 9.05. The van der Waals surface area contributed by atoms with Crippen molar-refractivity contribution in [1.82, 2.24) is 15.0 Å². The molecule has 0 aromatic carbocycles. The van der Waals surface area contributed by atoms with Crippen molar-refractivity contribution in [3.05, 3.63) is 0 Å². The molecular formula is C11H19N5O3. The number of carbonyl (C=O) groups excluding carboxylic acids is 1. The van der Waals surface area contributed by atoms with E-state index in [1.165, 1.54) is 0 Å². The number of hydrogen-bond acceptors (Lipinski definition) is 8. The molecule has 1 rings (SSSR count). The minimum atomic E-state index is -0.375. The van der Waals surface area contributed by atoms with Gasteiger partial charge in [-0.15, -0.1) is 0 Å². The van der Waals surface area contributed by atoms with Crippen molar-refractivity contribution < 1.29 is 14.3 Å². The maximum atomic E-state index is 11.2. The van der Waals surface area contributed by atoms with E-state index in [1.54, 1.807) is 14.0 Å². The standard InChI is InChI=1S/C11H19N5O3/c1-5-18-8(17)6-13-10-14-9(12-4)15-11(16-10)19-7(2)3/h7H,5-6H2,1-4H3,(H2,12,13,14,15,16). The van der Waals surface area contributed by atoms with Gasteiger partial charge in [0.15, 0.2) is 0 Å². The summed E-state index contributed by atoms with van der Waals surface area (Å²) in [6.45, 7) is 5.81. The third-order valence-electron chi connectivity index (χ3n) is 1.88. The van der Waals surface area contributed by atoms with Gasteiger partial charge in [0, 0.05) is 7.05 Å². The van der Waals surface area contributed by atoms with Crippen LogP contribution in [0.15, 0.2) is 0 Å². The monoisotopic (exact) mass is 269 g/mol. The lowest BCUT2D eigenvalue weighted by molar-refractivity contribution is -0.140. The highest BCUT2D eigenvalue weighted by Crippen LogP contribution is 2.11. The molecule has 0 aliphatic heterocycles. The third-order valence-corrected chi connectivity index (χ3v) is 1.88. The molecule has 1 aromatic rings. The first kappa shape index (κ1) is 14.9. The molecule has 2 N–H and O–H groups in total. The Labute approximate surface area is 111 Å². The van der Waals surface area contributed by atoms with E-state index in [0.717, 1.165) is 0 Å². The van der Waals surface area contributed by atoms with E-state index < -0.39 is 0 Å². The van der Waals surface area contributed by atoms with E-state index in [2.05, 4.69) is 25.6 Å². The Morgan fingerprint density at radius 2 is 1.95 bits per heavy atom. The summed E-state index contributed by atoms with van der Waals surface area (Å²) in [5.41, 5.74) is 0. The van der Waals surface area contributed by atoms with Gasteiger partial charge < -0.3 is 20.1 Å². The summed E-state index contributed by atoms with van der Waals surface area (Å²) in [7, 11) is 1.68. The van der Waals surface area contributed by atoms with Crippen LogP contribution in [0.5, 0.6) is 6.01 Å². The Bertz CT molecular complexity index is 425. The van der Waals surface area contributed by atoms with E-state index in [1.807, 2.05) is 13.8 Å². The second-order valence-corrected chi connectivity index (χ2v) is 3.84. The summed E-state index contributed by atoms with van der Waals surface area (Å²) < 4.78 is 10.2. The molecule has 8 nitrogen and oxygen atoms in total. The summed E-state index contributed by atoms with van der Waals surface area (Å²) >= 11 is 0. The van der Waals surface area contributed by atoms with Crippen LogP contribution in [0.1, 0.15) is 20.8 Å². The first-order valence-electron chi connectivity index (χ1n) is 6.05. The van der Waals surface area contributed by atoms with Crippen molar-refractivity contribution in [1.29, 1.82) is 0 Å². The molecule has 0 atom stereocenters. The van der Waals surface area contributed by atoms with Crippen molar-refractivity contribution in [2.75, 3.05) is 30.8 Å². The molecular weight excluding hydrogens is 250 g/mol. The van der Waals surface area contributed by atoms with Gasteiger partial charge >= 0.3 is 12.0 Å². The number of aromatic nitrogens is 3. The molecule has 0 saturated carbocycles. The highest BCUT2D eigenvalue weighted by Gasteiger charge is 2.09. The predicted octanol–water partition coefficient (Wildman–Crippen LogP) is 0.675. The van der Waals surface area contributed by atoms with Crippen LogP contribution >= 0.6 is 0 Å². The predicted molar refractivity (Wildman–Crippen MR) is 70.3 cm³/mol. The molecule has 106 valence electrons. The Kier molecular flexibility index (Phi) is 5.77. The fraction of sp³-hybridized carbons (Fsp3) is 0.636. The number of ether oxygens (including phenoxy) is 2. The van der Waals surface area contributed by atoms with Crippen molar-refractivity contribution in [2.45, 2.75) is 26.9 Å². The van der Waals surface area contributed by atoms with Crippen LogP contribution in [-0.2, 0) is 9.53 Å². The Hall–Kier alpha value is -2.12. The number of nitrogens with one attached hydrogen (secondary N) is 2. The van der Waals surface area contributed by atoms with E-state index in [4.69, 9.17) is 9.47 Å². The molecule has 0 unspecified atom stereocenters. The minimum Gasteiger partial charge on any atom is -0.465 e. The number of esters is 1. The summed E-state index contributed by atoms with van der Waals surface area (Å²) in [5, 5.41) is 5.56. The number of hydrogen-bond donors (Lipinski definition) is 2. The van der Waals surface area contributed by atoms with Gasteiger partial charge in [0.25, 0.3) is 0 Å². The molecule has 0 spiro atoms. The van der Waals surface area contributed by atoms with Crippen molar-refractivity contribution >= 4 is 17.9 Å². The van der Waals surface area contributed by atoms with Crippen LogP contribution in [0.2, 0.25) is 0 Å². The van der Waals surface area contributed by atoms with Crippen LogP contribution in [0, 0.1) is 0 Å². The molecule has 0 saturated heterocycles. The molecule has 1 heterocycles. The second-order valence-electron chi connectivity index (χ2n) is 3.84. The molecule has 0 radical (unpaired) electrons. The van der Waals surface area contributed by atoms with E-state index in [9.17, 15) is 4.79 Å². The van der Waals surface area contributed by atoms with Gasteiger partial charge in [-0.2, -0.15) is 15.0 Å². The third kappa shape index (κ3) is 5.36. The molecule has 0 aliphatic carbocycles. The van der Waals surface area contributed by atoms with Crippen LogP contribution in [0.4, 0.5) is 11.9 Å². The zero-order chi connectivity index (χ0) is 14.3. The van der Waals surface area contributed by atoms with Gasteiger partial charge in [0.1, 0.15) is 6.54 Å². The van der Waals surface area contributed by atoms with Gasteiger partial charge in [-0.1, -0.05) is 0 Å². The maximum Gasteiger partial charge on any atom is 0.325 e. The van der Waals surface area contributed by atoms with Gasteiger partial charge in [-0.3, -0.25) is 4.79 Å². The summed E-state index contributed by atoms with van der Waals surface area (Å²) in [5.74, 6) is 0.236. The summed E-state index contributed by atoms with van der Waals surface area (Å²) in [6, 6.07) is 0.195. The van der Waals surface area contributed by atoms with Crippen molar-refractivity contribution in [3.8, 4) is 6.01 Å². The number of rotatable bonds is 7. The molecule has 0 aliphatic rings. The van der Waals surface area contributed by atoms with Crippen LogP contribution in [0.3, 0.4) is 0 Å². The quantitative estimate of drug-likeness (QED) is 0.697. The number of anilines is 2. The zero-order valence-corrected chi connectivity index (χ0v) is 11.6. The van der Waals surface area contributed by atoms with Crippen molar-refractivity contribution in [2.24, 2.45) is 0 Å². The fourth-order valence-corrected chi connectivity index (χ4v) is 1.17. The van der Waals surface area contributed by atoms with E-state index in [0.29, 0.717) is 12.6 Å². The van der Waals surface area contributed by atoms with Crippen molar-refractivity contribution in [3.63, 3.8) is 0 Å². The minimum absolute atomic E-state index is 0.0118. The fourth-order valence-electron chi connectivity index (χ4n) is 1.17. The lowest BCUT2D eigenvalue weighted by atomic mass is 10.5. The smallest absolute Gasteiger partial charge is 0.325 e. The highest BCUT2D eigenvalue weighted by molar-refractivity contribution is 5.74. The van der Waals surface area contributed by atoms with Crippen LogP contribution in [0.25, 0.3) is 0 Å². The normalized spacial score (nSPS) is 10.2. The molecule has 1 aromatic heterocycles. The average molecular weight is 269 g/mol. The van der Waals surface area contributed by atoms with Crippen LogP contribution < -0.4 is 15.4 Å². The maximum absolute atomic E-state index is 11.2. The molecule has 8 heteroatoms. The molecule has 0 fully saturated rings. The summed E-state index contributed by atoms with van der Waals surface area (Å²) in [4.78, 5) is 23.4.